The van der Waals surface area contributed by atoms with Crippen molar-refractivity contribution in [1.82, 2.24) is 5.32 Å². The second-order valence-corrected chi connectivity index (χ2v) is 9.32. The Hall–Kier alpha value is -3.69. The Morgan fingerprint density at radius 3 is 2.26 bits per heavy atom. The molecule has 34 heavy (non-hydrogen) atoms. The van der Waals surface area contributed by atoms with Gasteiger partial charge in [0.2, 0.25) is 5.91 Å². The third-order valence-corrected chi connectivity index (χ3v) is 6.81. The molecule has 178 valence electrons. The molecule has 0 saturated carbocycles. The van der Waals surface area contributed by atoms with Crippen LogP contribution >= 0.6 is 0 Å². The molecule has 0 aliphatic heterocycles. The Labute approximate surface area is 199 Å². The number of carbonyl (C=O) groups excluding carboxylic acids is 2. The van der Waals surface area contributed by atoms with Crippen LogP contribution in [0.3, 0.4) is 0 Å². The zero-order chi connectivity index (χ0) is 24.6. The topological polar surface area (TPSA) is 105 Å². The molecule has 0 unspecified atom stereocenters. The summed E-state index contributed by atoms with van der Waals surface area (Å²) in [6.45, 7) is 1.97. The van der Waals surface area contributed by atoms with E-state index in [-0.39, 0.29) is 22.1 Å². The van der Waals surface area contributed by atoms with Gasteiger partial charge in [-0.05, 0) is 42.8 Å². The van der Waals surface area contributed by atoms with Gasteiger partial charge in [0.1, 0.15) is 6.54 Å². The van der Waals surface area contributed by atoms with Crippen molar-refractivity contribution in [3.05, 3.63) is 90.0 Å². The van der Waals surface area contributed by atoms with Gasteiger partial charge in [-0.3, -0.25) is 13.9 Å². The first-order valence-corrected chi connectivity index (χ1v) is 12.1. The molecule has 0 aliphatic carbocycles. The van der Waals surface area contributed by atoms with E-state index in [9.17, 15) is 18.0 Å². The van der Waals surface area contributed by atoms with Crippen LogP contribution in [0, 0.1) is 6.92 Å². The van der Waals surface area contributed by atoms with Gasteiger partial charge in [-0.15, -0.1) is 0 Å². The molecule has 0 saturated heterocycles. The van der Waals surface area contributed by atoms with E-state index in [1.54, 1.807) is 73.7 Å². The van der Waals surface area contributed by atoms with Gasteiger partial charge in [-0.2, -0.15) is 0 Å². The first-order chi connectivity index (χ1) is 16.3. The van der Waals surface area contributed by atoms with Crippen LogP contribution in [0.5, 0.6) is 0 Å². The first-order valence-electron chi connectivity index (χ1n) is 10.6. The molecule has 3 rings (SSSR count). The van der Waals surface area contributed by atoms with E-state index in [0.717, 1.165) is 4.31 Å². The van der Waals surface area contributed by atoms with Gasteiger partial charge in [-0.25, -0.2) is 8.42 Å². The number of nitrogens with zero attached hydrogens (tertiary/aromatic N) is 1. The standard InChI is InChI=1S/C25H27N3O5S/c1-19-10-6-9-15-23(19)28(34(31,32)20-11-4-3-5-12-20)18-24(29)27-22-14-8-7-13-21(22)25(30)26-16-17-33-2/h3-15H,16-18H2,1-2H3,(H,26,30)(H,27,29). The number of carbonyl (C=O) groups is 2. The molecule has 2 amide bonds. The van der Waals surface area contributed by atoms with E-state index in [4.69, 9.17) is 4.74 Å². The lowest BCUT2D eigenvalue weighted by Gasteiger charge is -2.25. The molecular formula is C25H27N3O5S. The molecule has 3 aromatic carbocycles. The van der Waals surface area contributed by atoms with Crippen LogP contribution in [-0.4, -0.2) is 47.0 Å². The lowest BCUT2D eigenvalue weighted by Crippen LogP contribution is -2.39. The summed E-state index contributed by atoms with van der Waals surface area (Å²) in [5.41, 5.74) is 1.64. The van der Waals surface area contributed by atoms with Crippen LogP contribution < -0.4 is 14.9 Å². The lowest BCUT2D eigenvalue weighted by molar-refractivity contribution is -0.114. The maximum Gasteiger partial charge on any atom is 0.264 e. The second-order valence-electron chi connectivity index (χ2n) is 7.45. The molecule has 0 fully saturated rings. The molecule has 0 bridgehead atoms. The fourth-order valence-electron chi connectivity index (χ4n) is 3.33. The van der Waals surface area contributed by atoms with Gasteiger partial charge in [0, 0.05) is 13.7 Å². The van der Waals surface area contributed by atoms with E-state index in [1.807, 2.05) is 0 Å². The number of hydrogen-bond acceptors (Lipinski definition) is 5. The monoisotopic (exact) mass is 481 g/mol. The number of rotatable bonds is 10. The molecule has 0 aliphatic rings. The maximum absolute atomic E-state index is 13.5. The Morgan fingerprint density at radius 2 is 1.56 bits per heavy atom. The highest BCUT2D eigenvalue weighted by molar-refractivity contribution is 7.92. The summed E-state index contributed by atoms with van der Waals surface area (Å²) in [7, 11) is -2.49. The summed E-state index contributed by atoms with van der Waals surface area (Å²) >= 11 is 0. The smallest absolute Gasteiger partial charge is 0.264 e. The van der Waals surface area contributed by atoms with E-state index in [1.165, 1.54) is 19.2 Å². The largest absolute Gasteiger partial charge is 0.383 e. The minimum atomic E-state index is -4.03. The maximum atomic E-state index is 13.5. The molecule has 8 nitrogen and oxygen atoms in total. The molecule has 3 aromatic rings. The molecule has 9 heteroatoms. The van der Waals surface area contributed by atoms with Crippen molar-refractivity contribution < 1.29 is 22.7 Å². The number of para-hydroxylation sites is 2. The van der Waals surface area contributed by atoms with E-state index < -0.39 is 22.5 Å². The summed E-state index contributed by atoms with van der Waals surface area (Å²) in [5, 5.41) is 5.40. The number of aryl methyl sites for hydroxylation is 1. The van der Waals surface area contributed by atoms with Crippen molar-refractivity contribution in [1.29, 1.82) is 0 Å². The quantitative estimate of drug-likeness (QED) is 0.433. The minimum absolute atomic E-state index is 0.0731. The minimum Gasteiger partial charge on any atom is -0.383 e. The van der Waals surface area contributed by atoms with Crippen molar-refractivity contribution in [2.75, 3.05) is 36.4 Å². The number of amides is 2. The average molecular weight is 482 g/mol. The zero-order valence-electron chi connectivity index (χ0n) is 19.0. The van der Waals surface area contributed by atoms with Crippen LogP contribution in [0.1, 0.15) is 15.9 Å². The number of methoxy groups -OCH3 is 1. The number of nitrogens with one attached hydrogen (secondary N) is 2. The van der Waals surface area contributed by atoms with Gasteiger partial charge >= 0.3 is 0 Å². The van der Waals surface area contributed by atoms with Crippen molar-refractivity contribution >= 4 is 33.2 Å². The number of benzene rings is 3. The van der Waals surface area contributed by atoms with Gasteiger partial charge in [0.25, 0.3) is 15.9 Å². The number of hydrogen-bond donors (Lipinski definition) is 2. The highest BCUT2D eigenvalue weighted by Gasteiger charge is 2.28. The van der Waals surface area contributed by atoms with Crippen molar-refractivity contribution in [2.24, 2.45) is 0 Å². The van der Waals surface area contributed by atoms with Crippen molar-refractivity contribution in [3.63, 3.8) is 0 Å². The fraction of sp³-hybridized carbons (Fsp3) is 0.200. The number of ether oxygens (including phenoxy) is 1. The Balaban J connectivity index is 1.88. The second kappa shape index (κ2) is 11.4. The Kier molecular flexibility index (Phi) is 8.39. The van der Waals surface area contributed by atoms with Crippen LogP contribution in [0.15, 0.2) is 83.8 Å². The molecule has 0 spiro atoms. The summed E-state index contributed by atoms with van der Waals surface area (Å²) in [6.07, 6.45) is 0. The van der Waals surface area contributed by atoms with Crippen LogP contribution in [0.2, 0.25) is 0 Å². The molecule has 2 N–H and O–H groups in total. The highest BCUT2D eigenvalue weighted by atomic mass is 32.2. The molecule has 0 radical (unpaired) electrons. The molecule has 0 heterocycles. The Morgan fingerprint density at radius 1 is 0.912 bits per heavy atom. The molecule has 0 atom stereocenters. The third kappa shape index (κ3) is 6.00. The van der Waals surface area contributed by atoms with Gasteiger partial charge in [0.05, 0.1) is 28.4 Å². The van der Waals surface area contributed by atoms with Crippen LogP contribution in [-0.2, 0) is 19.6 Å². The average Bonchev–Trinajstić information content (AvgIpc) is 2.84. The third-order valence-electron chi connectivity index (χ3n) is 5.04. The molecule has 0 aromatic heterocycles. The predicted molar refractivity (Wildman–Crippen MR) is 131 cm³/mol. The van der Waals surface area contributed by atoms with Crippen LogP contribution in [0.4, 0.5) is 11.4 Å². The summed E-state index contributed by atoms with van der Waals surface area (Å²) in [4.78, 5) is 25.7. The zero-order valence-corrected chi connectivity index (χ0v) is 19.8. The summed E-state index contributed by atoms with van der Waals surface area (Å²) in [6, 6.07) is 21.4. The summed E-state index contributed by atoms with van der Waals surface area (Å²) in [5.74, 6) is -0.958. The van der Waals surface area contributed by atoms with Gasteiger partial charge in [-0.1, -0.05) is 48.5 Å². The van der Waals surface area contributed by atoms with E-state index >= 15 is 0 Å². The lowest BCUT2D eigenvalue weighted by atomic mass is 10.1. The number of sulfonamides is 1. The molecular weight excluding hydrogens is 454 g/mol. The predicted octanol–water partition coefficient (Wildman–Crippen LogP) is 3.21. The first kappa shape index (κ1) is 24.9. The van der Waals surface area contributed by atoms with E-state index in [2.05, 4.69) is 10.6 Å². The number of anilines is 2. The fourth-order valence-corrected chi connectivity index (χ4v) is 4.84. The van der Waals surface area contributed by atoms with Crippen LogP contribution in [0.25, 0.3) is 0 Å². The normalized spacial score (nSPS) is 11.0. The summed E-state index contributed by atoms with van der Waals surface area (Å²) < 4.78 is 32.9. The van der Waals surface area contributed by atoms with Gasteiger partial charge < -0.3 is 15.4 Å². The SMILES string of the molecule is COCCNC(=O)c1ccccc1NC(=O)CN(c1ccccc1C)S(=O)(=O)c1ccccc1. The van der Waals surface area contributed by atoms with E-state index in [0.29, 0.717) is 24.4 Å². The van der Waals surface area contributed by atoms with Gasteiger partial charge in [0.15, 0.2) is 0 Å². The van der Waals surface area contributed by atoms with Crippen molar-refractivity contribution in [3.8, 4) is 0 Å². The Bertz CT molecular complexity index is 1250. The van der Waals surface area contributed by atoms with Crippen molar-refractivity contribution in [2.45, 2.75) is 11.8 Å². The highest BCUT2D eigenvalue weighted by Crippen LogP contribution is 2.27.